The van der Waals surface area contributed by atoms with Crippen LogP contribution >= 0.6 is 11.6 Å². The average Bonchev–Trinajstić information content (AvgIpc) is 2.96. The van der Waals surface area contributed by atoms with Crippen molar-refractivity contribution < 1.29 is 4.74 Å². The second-order valence-corrected chi connectivity index (χ2v) is 4.73. The molecule has 5 heteroatoms. The zero-order valence-electron chi connectivity index (χ0n) is 10.9. The summed E-state index contributed by atoms with van der Waals surface area (Å²) in [6.45, 7) is 0. The van der Waals surface area contributed by atoms with Crippen LogP contribution < -0.4 is 4.74 Å². The van der Waals surface area contributed by atoms with Crippen LogP contribution in [0.5, 0.6) is 11.5 Å². The maximum Gasteiger partial charge on any atom is 0.173 e. The molecule has 0 aliphatic heterocycles. The lowest BCUT2D eigenvalue weighted by molar-refractivity contribution is 0.484. The number of H-pyrrole nitrogens is 1. The van der Waals surface area contributed by atoms with Crippen LogP contribution in [-0.4, -0.2) is 10.2 Å². The van der Waals surface area contributed by atoms with Gasteiger partial charge >= 0.3 is 0 Å². The van der Waals surface area contributed by atoms with Gasteiger partial charge in [-0.3, -0.25) is 5.10 Å². The summed E-state index contributed by atoms with van der Waals surface area (Å²) in [5.74, 6) is 1.21. The summed E-state index contributed by atoms with van der Waals surface area (Å²) >= 11 is 6.19. The normalized spacial score (nSPS) is 10.1. The predicted molar refractivity (Wildman–Crippen MR) is 80.3 cm³/mol. The molecule has 0 amide bonds. The highest BCUT2D eigenvalue weighted by Gasteiger charge is 2.12. The quantitative estimate of drug-likeness (QED) is 0.779. The number of benzene rings is 2. The Hall–Kier alpha value is -2.77. The largest absolute Gasteiger partial charge is 0.453 e. The number of ether oxygens (including phenoxy) is 1. The molecule has 1 heterocycles. The van der Waals surface area contributed by atoms with Crippen molar-refractivity contribution in [2.75, 3.05) is 0 Å². The number of rotatable bonds is 3. The molecule has 0 radical (unpaired) electrons. The number of aromatic amines is 1. The Morgan fingerprint density at radius 3 is 2.57 bits per heavy atom. The van der Waals surface area contributed by atoms with Crippen molar-refractivity contribution in [2.24, 2.45) is 0 Å². The number of nitrogens with one attached hydrogen (secondary N) is 1. The van der Waals surface area contributed by atoms with Gasteiger partial charge in [-0.1, -0.05) is 29.8 Å². The zero-order valence-corrected chi connectivity index (χ0v) is 11.6. The summed E-state index contributed by atoms with van der Waals surface area (Å²) in [5.41, 5.74) is 2.12. The molecule has 0 aliphatic carbocycles. The number of nitriles is 1. The molecule has 3 rings (SSSR count). The number of hydrogen-bond donors (Lipinski definition) is 1. The molecule has 102 valence electrons. The van der Waals surface area contributed by atoms with E-state index in [1.165, 1.54) is 0 Å². The number of hydrogen-bond acceptors (Lipinski definition) is 3. The fourth-order valence-electron chi connectivity index (χ4n) is 1.93. The van der Waals surface area contributed by atoms with E-state index in [9.17, 15) is 0 Å². The molecular weight excluding hydrogens is 286 g/mol. The van der Waals surface area contributed by atoms with Gasteiger partial charge in [-0.15, -0.1) is 0 Å². The molecule has 0 fully saturated rings. The second kappa shape index (κ2) is 5.70. The lowest BCUT2D eigenvalue weighted by Gasteiger charge is -2.07. The van der Waals surface area contributed by atoms with Crippen LogP contribution in [0.15, 0.2) is 54.7 Å². The molecular formula is C16H10ClN3O. The first-order chi connectivity index (χ1) is 10.3. The fourth-order valence-corrected chi connectivity index (χ4v) is 2.16. The van der Waals surface area contributed by atoms with Crippen molar-refractivity contribution in [3.05, 3.63) is 65.3 Å². The summed E-state index contributed by atoms with van der Waals surface area (Å²) < 4.78 is 5.80. The minimum absolute atomic E-state index is 0.577. The smallest absolute Gasteiger partial charge is 0.173 e. The van der Waals surface area contributed by atoms with Crippen molar-refractivity contribution >= 4 is 11.6 Å². The third kappa shape index (κ3) is 2.73. The van der Waals surface area contributed by atoms with Crippen LogP contribution in [-0.2, 0) is 0 Å². The highest BCUT2D eigenvalue weighted by molar-refractivity contribution is 6.33. The first kappa shape index (κ1) is 13.2. The minimum atomic E-state index is 0.577. The topological polar surface area (TPSA) is 61.7 Å². The molecule has 2 aromatic carbocycles. The SMILES string of the molecule is N#Cc1ccc(Oc2cn[nH]c2-c2ccccc2Cl)cc1. The highest BCUT2D eigenvalue weighted by atomic mass is 35.5. The number of halogens is 1. The maximum absolute atomic E-state index is 8.79. The van der Waals surface area contributed by atoms with E-state index in [1.807, 2.05) is 24.3 Å². The molecule has 0 spiro atoms. The van der Waals surface area contributed by atoms with Gasteiger partial charge in [0, 0.05) is 5.56 Å². The Morgan fingerprint density at radius 2 is 1.86 bits per heavy atom. The van der Waals surface area contributed by atoms with E-state index in [4.69, 9.17) is 21.6 Å². The van der Waals surface area contributed by atoms with Crippen LogP contribution in [0.2, 0.25) is 5.02 Å². The van der Waals surface area contributed by atoms with Crippen molar-refractivity contribution in [1.29, 1.82) is 5.26 Å². The Balaban J connectivity index is 1.92. The van der Waals surface area contributed by atoms with Gasteiger partial charge < -0.3 is 4.74 Å². The van der Waals surface area contributed by atoms with Gasteiger partial charge in [0.1, 0.15) is 11.4 Å². The second-order valence-electron chi connectivity index (χ2n) is 4.33. The van der Waals surface area contributed by atoms with E-state index in [1.54, 1.807) is 30.5 Å². The number of aromatic nitrogens is 2. The van der Waals surface area contributed by atoms with Crippen LogP contribution in [0.4, 0.5) is 0 Å². The molecule has 4 nitrogen and oxygen atoms in total. The molecule has 0 aliphatic rings. The van der Waals surface area contributed by atoms with Gasteiger partial charge in [0.2, 0.25) is 0 Å². The molecule has 1 N–H and O–H groups in total. The highest BCUT2D eigenvalue weighted by Crippen LogP contribution is 2.35. The first-order valence-electron chi connectivity index (χ1n) is 6.24. The molecule has 0 saturated carbocycles. The van der Waals surface area contributed by atoms with Crippen molar-refractivity contribution in [3.8, 4) is 28.8 Å². The fraction of sp³-hybridized carbons (Fsp3) is 0. The monoisotopic (exact) mass is 295 g/mol. The van der Waals surface area contributed by atoms with Crippen molar-refractivity contribution in [2.45, 2.75) is 0 Å². The Labute approximate surface area is 126 Å². The summed E-state index contributed by atoms with van der Waals surface area (Å²) in [6, 6.07) is 16.4. The molecule has 0 bridgehead atoms. The van der Waals surface area contributed by atoms with E-state index in [2.05, 4.69) is 16.3 Å². The Morgan fingerprint density at radius 1 is 1.10 bits per heavy atom. The van der Waals surface area contributed by atoms with Gasteiger partial charge in [-0.2, -0.15) is 10.4 Å². The standard InChI is InChI=1S/C16H10ClN3O/c17-14-4-2-1-3-13(14)16-15(10-19-20-16)21-12-7-5-11(9-18)6-8-12/h1-8,10H,(H,19,20). The van der Waals surface area contributed by atoms with Gasteiger partial charge in [0.15, 0.2) is 5.75 Å². The minimum Gasteiger partial charge on any atom is -0.453 e. The Bertz CT molecular complexity index is 803. The van der Waals surface area contributed by atoms with E-state index >= 15 is 0 Å². The lowest BCUT2D eigenvalue weighted by atomic mass is 10.1. The third-order valence-electron chi connectivity index (χ3n) is 2.96. The Kier molecular flexibility index (Phi) is 3.59. The van der Waals surface area contributed by atoms with E-state index in [0.717, 1.165) is 5.56 Å². The van der Waals surface area contributed by atoms with E-state index in [-0.39, 0.29) is 0 Å². The van der Waals surface area contributed by atoms with Gasteiger partial charge in [0.05, 0.1) is 22.9 Å². The predicted octanol–water partition coefficient (Wildman–Crippen LogP) is 4.39. The molecule has 21 heavy (non-hydrogen) atoms. The molecule has 0 atom stereocenters. The van der Waals surface area contributed by atoms with Gasteiger partial charge in [-0.05, 0) is 30.3 Å². The molecule has 1 aromatic heterocycles. The lowest BCUT2D eigenvalue weighted by Crippen LogP contribution is -1.87. The molecule has 0 unspecified atom stereocenters. The molecule has 3 aromatic rings. The van der Waals surface area contributed by atoms with Crippen LogP contribution in [0.3, 0.4) is 0 Å². The summed E-state index contributed by atoms with van der Waals surface area (Å²) in [5, 5.41) is 16.3. The summed E-state index contributed by atoms with van der Waals surface area (Å²) in [6.07, 6.45) is 1.59. The van der Waals surface area contributed by atoms with Crippen molar-refractivity contribution in [1.82, 2.24) is 10.2 Å². The van der Waals surface area contributed by atoms with Crippen molar-refractivity contribution in [3.63, 3.8) is 0 Å². The summed E-state index contributed by atoms with van der Waals surface area (Å²) in [7, 11) is 0. The van der Waals surface area contributed by atoms with Gasteiger partial charge in [0.25, 0.3) is 0 Å². The zero-order chi connectivity index (χ0) is 14.7. The average molecular weight is 296 g/mol. The van der Waals surface area contributed by atoms with Crippen LogP contribution in [0, 0.1) is 11.3 Å². The van der Waals surface area contributed by atoms with Crippen LogP contribution in [0.25, 0.3) is 11.3 Å². The maximum atomic E-state index is 8.79. The van der Waals surface area contributed by atoms with Gasteiger partial charge in [-0.25, -0.2) is 0 Å². The first-order valence-corrected chi connectivity index (χ1v) is 6.62. The van der Waals surface area contributed by atoms with E-state index < -0.39 is 0 Å². The third-order valence-corrected chi connectivity index (χ3v) is 3.29. The number of nitrogens with zero attached hydrogens (tertiary/aromatic N) is 2. The van der Waals surface area contributed by atoms with Crippen LogP contribution in [0.1, 0.15) is 5.56 Å². The molecule has 0 saturated heterocycles. The van der Waals surface area contributed by atoms with E-state index in [0.29, 0.717) is 27.8 Å². The summed E-state index contributed by atoms with van der Waals surface area (Å²) in [4.78, 5) is 0.